The second-order valence-corrected chi connectivity index (χ2v) is 2.23. The van der Waals surface area contributed by atoms with Crippen molar-refractivity contribution < 1.29 is 9.53 Å². The lowest BCUT2D eigenvalue weighted by Crippen LogP contribution is -1.99. The lowest BCUT2D eigenvalue weighted by Gasteiger charge is -1.97. The van der Waals surface area contributed by atoms with Gasteiger partial charge in [-0.3, -0.25) is 0 Å². The third-order valence-electron chi connectivity index (χ3n) is 1.45. The van der Waals surface area contributed by atoms with Crippen LogP contribution in [0.4, 0.5) is 5.69 Å². The van der Waals surface area contributed by atoms with Crippen molar-refractivity contribution in [2.75, 3.05) is 7.11 Å². The zero-order chi connectivity index (χ0) is 9.68. The molecule has 0 fully saturated rings. The minimum absolute atomic E-state index is 0.410. The van der Waals surface area contributed by atoms with E-state index in [4.69, 9.17) is 5.53 Å². The Balaban J connectivity index is 2.93. The fraction of sp³-hybridized carbons (Fsp3) is 0.125. The molecule has 1 rings (SSSR count). The molecule has 0 saturated carbocycles. The minimum atomic E-state index is -0.410. The first-order chi connectivity index (χ1) is 6.27. The van der Waals surface area contributed by atoms with Crippen LogP contribution < -0.4 is 0 Å². The molecule has 1 aromatic carbocycles. The second kappa shape index (κ2) is 4.13. The van der Waals surface area contributed by atoms with Crippen LogP contribution in [0.1, 0.15) is 10.4 Å². The molecule has 0 aromatic heterocycles. The third kappa shape index (κ3) is 2.21. The quantitative estimate of drug-likeness (QED) is 0.301. The molecule has 0 aliphatic carbocycles. The number of rotatable bonds is 2. The van der Waals surface area contributed by atoms with Crippen molar-refractivity contribution in [2.45, 2.75) is 0 Å². The molecule has 5 nitrogen and oxygen atoms in total. The topological polar surface area (TPSA) is 75.1 Å². The van der Waals surface area contributed by atoms with Gasteiger partial charge in [-0.05, 0) is 17.7 Å². The van der Waals surface area contributed by atoms with Crippen LogP contribution in [0.3, 0.4) is 0 Å². The van der Waals surface area contributed by atoms with Gasteiger partial charge in [-0.15, -0.1) is 0 Å². The number of ether oxygens (including phenoxy) is 1. The zero-order valence-corrected chi connectivity index (χ0v) is 6.97. The maximum atomic E-state index is 11.0. The average Bonchev–Trinajstić information content (AvgIpc) is 2.18. The fourth-order valence-electron chi connectivity index (χ4n) is 0.834. The van der Waals surface area contributed by atoms with E-state index in [1.807, 2.05) is 0 Å². The summed E-state index contributed by atoms with van der Waals surface area (Å²) in [4.78, 5) is 13.6. The van der Waals surface area contributed by atoms with Crippen molar-refractivity contribution in [3.8, 4) is 0 Å². The van der Waals surface area contributed by atoms with E-state index in [-0.39, 0.29) is 0 Å². The van der Waals surface area contributed by atoms with Gasteiger partial charge in [0.1, 0.15) is 0 Å². The predicted molar refractivity (Wildman–Crippen MR) is 46.6 cm³/mol. The largest absolute Gasteiger partial charge is 0.465 e. The van der Waals surface area contributed by atoms with Gasteiger partial charge in [-0.25, -0.2) is 4.79 Å². The molecular weight excluding hydrogens is 170 g/mol. The molecule has 0 atom stereocenters. The minimum Gasteiger partial charge on any atom is -0.465 e. The van der Waals surface area contributed by atoms with Gasteiger partial charge in [0, 0.05) is 10.6 Å². The van der Waals surface area contributed by atoms with Crippen molar-refractivity contribution in [2.24, 2.45) is 5.11 Å². The van der Waals surface area contributed by atoms with E-state index < -0.39 is 5.97 Å². The number of nitrogens with zero attached hydrogens (tertiary/aromatic N) is 3. The van der Waals surface area contributed by atoms with Crippen LogP contribution in [0.5, 0.6) is 0 Å². The lowest BCUT2D eigenvalue weighted by molar-refractivity contribution is 0.0601. The fourth-order valence-corrected chi connectivity index (χ4v) is 0.834. The van der Waals surface area contributed by atoms with Gasteiger partial charge in [-0.2, -0.15) is 0 Å². The lowest BCUT2D eigenvalue weighted by atomic mass is 10.2. The van der Waals surface area contributed by atoms with Gasteiger partial charge >= 0.3 is 5.97 Å². The first-order valence-electron chi connectivity index (χ1n) is 3.51. The van der Waals surface area contributed by atoms with Gasteiger partial charge in [0.2, 0.25) is 0 Å². The summed E-state index contributed by atoms with van der Waals surface area (Å²) in [6.07, 6.45) is 0. The van der Waals surface area contributed by atoms with Gasteiger partial charge in [0.15, 0.2) is 0 Å². The molecule has 0 unspecified atom stereocenters. The molecule has 0 aliphatic rings. The summed E-state index contributed by atoms with van der Waals surface area (Å²) in [5.41, 5.74) is 9.01. The van der Waals surface area contributed by atoms with Crippen LogP contribution in [0.2, 0.25) is 0 Å². The van der Waals surface area contributed by atoms with E-state index in [0.29, 0.717) is 11.3 Å². The Bertz CT molecular complexity index is 352. The van der Waals surface area contributed by atoms with Crippen molar-refractivity contribution in [1.82, 2.24) is 0 Å². The standard InChI is InChI=1S/C8H7N3O2/c1-13-8(12)6-2-4-7(5-3-6)10-11-9/h2-5H,1H3. The number of methoxy groups -OCH3 is 1. The van der Waals surface area contributed by atoms with Gasteiger partial charge in [0.05, 0.1) is 12.7 Å². The van der Waals surface area contributed by atoms with Crippen molar-refractivity contribution in [1.29, 1.82) is 0 Å². The highest BCUT2D eigenvalue weighted by molar-refractivity contribution is 5.89. The first-order valence-corrected chi connectivity index (χ1v) is 3.51. The van der Waals surface area contributed by atoms with Crippen molar-refractivity contribution >= 4 is 11.7 Å². The maximum absolute atomic E-state index is 11.0. The molecule has 66 valence electrons. The number of esters is 1. The van der Waals surface area contributed by atoms with Crippen molar-refractivity contribution in [3.63, 3.8) is 0 Å². The molecule has 0 N–H and O–H groups in total. The summed E-state index contributed by atoms with van der Waals surface area (Å²) in [5, 5.41) is 3.36. The van der Waals surface area contributed by atoms with Crippen LogP contribution >= 0.6 is 0 Å². The number of hydrogen-bond acceptors (Lipinski definition) is 3. The number of carbonyl (C=O) groups excluding carboxylic acids is 1. The molecule has 0 aliphatic heterocycles. The highest BCUT2D eigenvalue weighted by Gasteiger charge is 2.02. The molecule has 13 heavy (non-hydrogen) atoms. The molecule has 0 heterocycles. The number of benzene rings is 1. The number of carbonyl (C=O) groups is 1. The monoisotopic (exact) mass is 177 g/mol. The van der Waals surface area contributed by atoms with Crippen LogP contribution in [0.15, 0.2) is 29.4 Å². The smallest absolute Gasteiger partial charge is 0.337 e. The highest BCUT2D eigenvalue weighted by Crippen LogP contribution is 2.13. The van der Waals surface area contributed by atoms with E-state index in [9.17, 15) is 4.79 Å². The molecule has 0 bridgehead atoms. The molecule has 1 aromatic rings. The number of hydrogen-bond donors (Lipinski definition) is 0. The molecule has 5 heteroatoms. The van der Waals surface area contributed by atoms with E-state index in [2.05, 4.69) is 14.8 Å². The normalized spacial score (nSPS) is 8.69. The summed E-state index contributed by atoms with van der Waals surface area (Å²) in [7, 11) is 1.31. The molecule has 0 saturated heterocycles. The maximum Gasteiger partial charge on any atom is 0.337 e. The van der Waals surface area contributed by atoms with Crippen LogP contribution in [0, 0.1) is 0 Å². The Morgan fingerprint density at radius 2 is 2.08 bits per heavy atom. The van der Waals surface area contributed by atoms with Gasteiger partial charge in [0.25, 0.3) is 0 Å². The molecule has 0 amide bonds. The first kappa shape index (κ1) is 9.09. The Morgan fingerprint density at radius 3 is 2.54 bits per heavy atom. The number of azide groups is 1. The Labute approximate surface area is 74.6 Å². The summed E-state index contributed by atoms with van der Waals surface area (Å²) in [6, 6.07) is 6.17. The third-order valence-corrected chi connectivity index (χ3v) is 1.45. The Kier molecular flexibility index (Phi) is 2.89. The highest BCUT2D eigenvalue weighted by atomic mass is 16.5. The Hall–Kier alpha value is -2.00. The average molecular weight is 177 g/mol. The SMILES string of the molecule is COC(=O)c1ccc(N=[N+]=[N-])cc1. The van der Waals surface area contributed by atoms with E-state index in [1.54, 1.807) is 12.1 Å². The Morgan fingerprint density at radius 1 is 1.46 bits per heavy atom. The van der Waals surface area contributed by atoms with Gasteiger partial charge < -0.3 is 4.74 Å². The van der Waals surface area contributed by atoms with E-state index in [0.717, 1.165) is 0 Å². The predicted octanol–water partition coefficient (Wildman–Crippen LogP) is 2.42. The summed E-state index contributed by atoms with van der Waals surface area (Å²) in [5.74, 6) is -0.410. The summed E-state index contributed by atoms with van der Waals surface area (Å²) < 4.78 is 4.49. The van der Waals surface area contributed by atoms with Crippen LogP contribution in [-0.4, -0.2) is 13.1 Å². The van der Waals surface area contributed by atoms with Gasteiger partial charge in [-0.1, -0.05) is 17.2 Å². The zero-order valence-electron chi connectivity index (χ0n) is 6.97. The molecule has 0 spiro atoms. The van der Waals surface area contributed by atoms with E-state index in [1.165, 1.54) is 19.2 Å². The summed E-state index contributed by atoms with van der Waals surface area (Å²) >= 11 is 0. The van der Waals surface area contributed by atoms with E-state index >= 15 is 0 Å². The molecule has 0 radical (unpaired) electrons. The molecular formula is C8H7N3O2. The van der Waals surface area contributed by atoms with Crippen LogP contribution in [-0.2, 0) is 4.74 Å². The second-order valence-electron chi connectivity index (χ2n) is 2.23. The van der Waals surface area contributed by atoms with Crippen LogP contribution in [0.25, 0.3) is 10.4 Å². The van der Waals surface area contributed by atoms with Crippen molar-refractivity contribution in [3.05, 3.63) is 40.3 Å². The summed E-state index contributed by atoms with van der Waals surface area (Å²) in [6.45, 7) is 0.